The van der Waals surface area contributed by atoms with E-state index in [2.05, 4.69) is 5.32 Å². The molecule has 0 heterocycles. The van der Waals surface area contributed by atoms with Crippen LogP contribution in [0, 0.1) is 0 Å². The summed E-state index contributed by atoms with van der Waals surface area (Å²) in [6.07, 6.45) is 2.59. The Morgan fingerprint density at radius 3 is 2.25 bits per heavy atom. The number of carbonyl (C=O) groups is 2. The lowest BCUT2D eigenvalue weighted by molar-refractivity contribution is -0.134. The second-order valence-corrected chi connectivity index (χ2v) is 5.43. The second-order valence-electron chi connectivity index (χ2n) is 5.43. The van der Waals surface area contributed by atoms with E-state index in [1.165, 1.54) is 0 Å². The van der Waals surface area contributed by atoms with Gasteiger partial charge in [0.15, 0.2) is 0 Å². The van der Waals surface area contributed by atoms with Crippen LogP contribution >= 0.6 is 0 Å². The number of hydrogen-bond acceptors (Lipinski definition) is 2. The molecule has 0 spiro atoms. The Labute approximate surface area is 97.4 Å². The fraction of sp³-hybridized carbons (Fsp3) is 0.833. The number of nitrogens with one attached hydrogen (secondary N) is 1. The summed E-state index contributed by atoms with van der Waals surface area (Å²) >= 11 is 0. The summed E-state index contributed by atoms with van der Waals surface area (Å²) in [7, 11) is 0. The Bertz CT molecular complexity index is 277. The first-order chi connectivity index (χ1) is 7.30. The van der Waals surface area contributed by atoms with Crippen LogP contribution in [0.1, 0.15) is 47.0 Å². The minimum Gasteiger partial charge on any atom is -0.353 e. The zero-order chi connectivity index (χ0) is 12.3. The van der Waals surface area contributed by atoms with Gasteiger partial charge in [-0.05, 0) is 33.6 Å². The normalized spacial score (nSPS) is 15.8. The summed E-state index contributed by atoms with van der Waals surface area (Å²) in [4.78, 5) is 24.7. The largest absolute Gasteiger partial charge is 0.353 e. The van der Waals surface area contributed by atoms with Crippen LogP contribution in [-0.2, 0) is 9.59 Å². The molecule has 92 valence electrons. The van der Waals surface area contributed by atoms with E-state index in [9.17, 15) is 9.59 Å². The first-order valence-electron chi connectivity index (χ1n) is 5.88. The highest BCUT2D eigenvalue weighted by molar-refractivity contribution is 5.78. The van der Waals surface area contributed by atoms with Crippen LogP contribution in [0.15, 0.2) is 0 Å². The minimum atomic E-state index is -0.217. The molecule has 0 aromatic rings. The Morgan fingerprint density at radius 2 is 1.88 bits per heavy atom. The second kappa shape index (κ2) is 4.85. The molecule has 0 bridgehead atoms. The van der Waals surface area contributed by atoms with E-state index >= 15 is 0 Å². The van der Waals surface area contributed by atoms with Crippen LogP contribution in [0.3, 0.4) is 0 Å². The van der Waals surface area contributed by atoms with Gasteiger partial charge in [0.1, 0.15) is 0 Å². The van der Waals surface area contributed by atoms with Crippen molar-refractivity contribution in [2.45, 2.75) is 58.5 Å². The molecule has 0 radical (unpaired) electrons. The highest BCUT2D eigenvalue weighted by Crippen LogP contribution is 2.19. The predicted molar refractivity (Wildman–Crippen MR) is 62.9 cm³/mol. The highest BCUT2D eigenvalue weighted by Gasteiger charge is 2.26. The van der Waals surface area contributed by atoms with Gasteiger partial charge >= 0.3 is 0 Å². The number of hydrogen-bond donors (Lipinski definition) is 1. The van der Waals surface area contributed by atoms with Crippen LogP contribution in [0.4, 0.5) is 0 Å². The summed E-state index contributed by atoms with van der Waals surface area (Å²) < 4.78 is 0. The van der Waals surface area contributed by atoms with Crippen molar-refractivity contribution in [1.29, 1.82) is 0 Å². The summed E-state index contributed by atoms with van der Waals surface area (Å²) in [5.74, 6) is 0.0738. The molecule has 4 heteroatoms. The van der Waals surface area contributed by atoms with Crippen molar-refractivity contribution in [3.63, 3.8) is 0 Å². The lowest BCUT2D eigenvalue weighted by Crippen LogP contribution is -2.46. The Balaban J connectivity index is 2.37. The zero-order valence-corrected chi connectivity index (χ0v) is 10.7. The van der Waals surface area contributed by atoms with E-state index in [0.717, 1.165) is 12.8 Å². The van der Waals surface area contributed by atoms with E-state index in [1.54, 1.807) is 11.8 Å². The number of rotatable bonds is 4. The predicted octanol–water partition coefficient (Wildman–Crippen LogP) is 1.30. The number of amides is 2. The van der Waals surface area contributed by atoms with Crippen LogP contribution in [0.25, 0.3) is 0 Å². The average Bonchev–Trinajstić information content (AvgIpc) is 2.84. The molecule has 1 aliphatic rings. The molecule has 0 unspecified atom stereocenters. The number of carbonyl (C=O) groups excluding carboxylic acids is 2. The maximum atomic E-state index is 11.5. The van der Waals surface area contributed by atoms with E-state index < -0.39 is 0 Å². The first-order valence-corrected chi connectivity index (χ1v) is 5.88. The molecule has 0 aliphatic heterocycles. The Hall–Kier alpha value is -1.06. The van der Waals surface area contributed by atoms with Gasteiger partial charge in [0.25, 0.3) is 0 Å². The monoisotopic (exact) mass is 226 g/mol. The molecule has 4 nitrogen and oxygen atoms in total. The van der Waals surface area contributed by atoms with Gasteiger partial charge in [-0.1, -0.05) is 0 Å². The third-order valence-corrected chi connectivity index (χ3v) is 2.69. The van der Waals surface area contributed by atoms with Gasteiger partial charge in [0.05, 0.1) is 0 Å². The Kier molecular flexibility index (Phi) is 3.94. The molecule has 2 amide bonds. The smallest absolute Gasteiger partial charge is 0.221 e. The fourth-order valence-electron chi connectivity index (χ4n) is 1.71. The van der Waals surface area contributed by atoms with Crippen molar-refractivity contribution in [2.75, 3.05) is 6.54 Å². The molecule has 16 heavy (non-hydrogen) atoms. The molecule has 0 aromatic heterocycles. The molecule has 1 N–H and O–H groups in total. The van der Waals surface area contributed by atoms with Gasteiger partial charge in [-0.25, -0.2) is 0 Å². The maximum Gasteiger partial charge on any atom is 0.221 e. The lowest BCUT2D eigenvalue weighted by atomic mass is 10.1. The van der Waals surface area contributed by atoms with E-state index in [1.807, 2.05) is 20.8 Å². The third-order valence-electron chi connectivity index (χ3n) is 2.69. The van der Waals surface area contributed by atoms with E-state index in [4.69, 9.17) is 0 Å². The van der Waals surface area contributed by atoms with Crippen LogP contribution in [-0.4, -0.2) is 34.8 Å². The summed E-state index contributed by atoms with van der Waals surface area (Å²) in [5, 5.41) is 2.92. The molecule has 0 aromatic carbocycles. The van der Waals surface area contributed by atoms with Crippen molar-refractivity contribution in [3.8, 4) is 0 Å². The summed E-state index contributed by atoms with van der Waals surface area (Å²) in [6, 6.07) is 0.396. The lowest BCUT2D eigenvalue weighted by Gasteiger charge is -2.34. The van der Waals surface area contributed by atoms with Gasteiger partial charge < -0.3 is 10.2 Å². The SMILES string of the molecule is CC(=O)N(CCC(=O)NC1CC1)C(C)(C)C. The molecule has 1 rings (SSSR count). The quantitative estimate of drug-likeness (QED) is 0.785. The van der Waals surface area contributed by atoms with Crippen molar-refractivity contribution >= 4 is 11.8 Å². The van der Waals surface area contributed by atoms with Crippen molar-refractivity contribution < 1.29 is 9.59 Å². The van der Waals surface area contributed by atoms with Crippen LogP contribution in [0.5, 0.6) is 0 Å². The molecule has 1 aliphatic carbocycles. The van der Waals surface area contributed by atoms with Crippen molar-refractivity contribution in [1.82, 2.24) is 10.2 Å². The standard InChI is InChI=1S/C12H22N2O2/c1-9(15)14(12(2,3)4)8-7-11(16)13-10-5-6-10/h10H,5-8H2,1-4H3,(H,13,16). The van der Waals surface area contributed by atoms with Gasteiger partial charge in [-0.3, -0.25) is 9.59 Å². The number of nitrogens with zero attached hydrogens (tertiary/aromatic N) is 1. The molecule has 0 atom stereocenters. The third kappa shape index (κ3) is 4.21. The van der Waals surface area contributed by atoms with Gasteiger partial charge in [-0.15, -0.1) is 0 Å². The summed E-state index contributed by atoms with van der Waals surface area (Å²) in [5.41, 5.74) is -0.217. The molecule has 1 fully saturated rings. The maximum absolute atomic E-state index is 11.5. The van der Waals surface area contributed by atoms with Crippen molar-refractivity contribution in [2.24, 2.45) is 0 Å². The topological polar surface area (TPSA) is 49.4 Å². The molecular formula is C12H22N2O2. The van der Waals surface area contributed by atoms with E-state index in [-0.39, 0.29) is 17.4 Å². The summed E-state index contributed by atoms with van der Waals surface area (Å²) in [6.45, 7) is 7.98. The fourth-order valence-corrected chi connectivity index (χ4v) is 1.71. The van der Waals surface area contributed by atoms with E-state index in [0.29, 0.717) is 19.0 Å². The van der Waals surface area contributed by atoms with Crippen molar-refractivity contribution in [3.05, 3.63) is 0 Å². The average molecular weight is 226 g/mol. The Morgan fingerprint density at radius 1 is 1.31 bits per heavy atom. The highest BCUT2D eigenvalue weighted by atomic mass is 16.2. The van der Waals surface area contributed by atoms with Gasteiger partial charge in [-0.2, -0.15) is 0 Å². The van der Waals surface area contributed by atoms with Crippen LogP contribution in [0.2, 0.25) is 0 Å². The molecule has 0 saturated heterocycles. The first kappa shape index (κ1) is 13.0. The minimum absolute atomic E-state index is 0.0201. The molecule has 1 saturated carbocycles. The van der Waals surface area contributed by atoms with Gasteiger partial charge in [0.2, 0.25) is 11.8 Å². The molecular weight excluding hydrogens is 204 g/mol. The zero-order valence-electron chi connectivity index (χ0n) is 10.7. The van der Waals surface area contributed by atoms with Gasteiger partial charge in [0, 0.05) is 31.5 Å². The van der Waals surface area contributed by atoms with Crippen LogP contribution < -0.4 is 5.32 Å².